The number of anilines is 1. The fraction of sp³-hybridized carbons (Fsp3) is 0.750. The van der Waals surface area contributed by atoms with E-state index in [1.165, 1.54) is 12.8 Å². The predicted molar refractivity (Wildman–Crippen MR) is 86.2 cm³/mol. The van der Waals surface area contributed by atoms with Crippen LogP contribution in [0.15, 0.2) is 0 Å². The van der Waals surface area contributed by atoms with Crippen molar-refractivity contribution < 1.29 is 4.74 Å². The van der Waals surface area contributed by atoms with Crippen molar-refractivity contribution in [1.29, 1.82) is 0 Å². The van der Waals surface area contributed by atoms with Crippen molar-refractivity contribution in [3.8, 4) is 5.88 Å². The summed E-state index contributed by atoms with van der Waals surface area (Å²) in [4.78, 5) is 11.5. The monoisotopic (exact) mass is 292 g/mol. The molecule has 1 aromatic heterocycles. The molecule has 1 saturated carbocycles. The average Bonchev–Trinajstić information content (AvgIpc) is 3.24. The van der Waals surface area contributed by atoms with Gasteiger partial charge in [0.25, 0.3) is 0 Å². The summed E-state index contributed by atoms with van der Waals surface area (Å²) in [6.07, 6.45) is 2.38. The van der Waals surface area contributed by atoms with E-state index >= 15 is 0 Å². The van der Waals surface area contributed by atoms with Crippen LogP contribution in [-0.4, -0.2) is 47.7 Å². The first-order chi connectivity index (χ1) is 9.85. The Bertz CT molecular complexity index is 495. The minimum atomic E-state index is -0.0323. The maximum absolute atomic E-state index is 6.04. The predicted octanol–water partition coefficient (Wildman–Crippen LogP) is 2.81. The van der Waals surface area contributed by atoms with Gasteiger partial charge in [-0.15, -0.1) is 0 Å². The van der Waals surface area contributed by atoms with Gasteiger partial charge >= 0.3 is 0 Å². The van der Waals surface area contributed by atoms with E-state index in [2.05, 4.69) is 55.1 Å². The van der Waals surface area contributed by atoms with Gasteiger partial charge in [-0.25, -0.2) is 4.98 Å². The van der Waals surface area contributed by atoms with Gasteiger partial charge in [0.1, 0.15) is 18.2 Å². The highest BCUT2D eigenvalue weighted by atomic mass is 16.5. The Labute approximate surface area is 128 Å². The number of nitrogens with one attached hydrogen (secondary N) is 1. The first kappa shape index (κ1) is 16.0. The van der Waals surface area contributed by atoms with Crippen molar-refractivity contribution in [3.63, 3.8) is 0 Å². The number of aromatic nitrogens is 2. The third kappa shape index (κ3) is 3.84. The fourth-order valence-electron chi connectivity index (χ4n) is 1.89. The van der Waals surface area contributed by atoms with Gasteiger partial charge in [0.2, 0.25) is 5.88 Å². The smallest absolute Gasteiger partial charge is 0.221 e. The Balaban J connectivity index is 2.21. The van der Waals surface area contributed by atoms with Crippen molar-refractivity contribution in [1.82, 2.24) is 14.9 Å². The van der Waals surface area contributed by atoms with Crippen LogP contribution in [0.3, 0.4) is 0 Å². The standard InChI is InChI=1S/C16H28N4O/c1-7-17-13-11(2)15(19-14(18-13)12-8-9-12)21-10-16(3,4)20(5)6/h12H,7-10H2,1-6H3,(H,17,18,19). The molecule has 2 rings (SSSR count). The van der Waals surface area contributed by atoms with Crippen molar-refractivity contribution in [2.45, 2.75) is 52.0 Å². The van der Waals surface area contributed by atoms with Gasteiger partial charge in [-0.05, 0) is 54.6 Å². The SMILES string of the molecule is CCNc1nc(C2CC2)nc(OCC(C)(C)N(C)C)c1C. The summed E-state index contributed by atoms with van der Waals surface area (Å²) in [7, 11) is 4.13. The lowest BCUT2D eigenvalue weighted by Crippen LogP contribution is -2.43. The normalized spacial score (nSPS) is 15.4. The Morgan fingerprint density at radius 1 is 1.29 bits per heavy atom. The molecule has 5 nitrogen and oxygen atoms in total. The van der Waals surface area contributed by atoms with Crippen LogP contribution in [0, 0.1) is 6.92 Å². The molecule has 1 heterocycles. The van der Waals surface area contributed by atoms with Crippen LogP contribution in [-0.2, 0) is 0 Å². The van der Waals surface area contributed by atoms with Crippen molar-refractivity contribution in [2.75, 3.05) is 32.6 Å². The van der Waals surface area contributed by atoms with Crippen LogP contribution in [0.2, 0.25) is 0 Å². The van der Waals surface area contributed by atoms with E-state index in [4.69, 9.17) is 4.74 Å². The molecule has 5 heteroatoms. The summed E-state index contributed by atoms with van der Waals surface area (Å²) in [5.74, 6) is 3.08. The molecule has 21 heavy (non-hydrogen) atoms. The molecule has 0 atom stereocenters. The van der Waals surface area contributed by atoms with Gasteiger partial charge in [0.05, 0.1) is 5.56 Å². The molecular weight excluding hydrogens is 264 g/mol. The van der Waals surface area contributed by atoms with Crippen molar-refractivity contribution >= 4 is 5.82 Å². The minimum Gasteiger partial charge on any atom is -0.475 e. The van der Waals surface area contributed by atoms with Crippen LogP contribution < -0.4 is 10.1 Å². The van der Waals surface area contributed by atoms with Gasteiger partial charge in [-0.2, -0.15) is 4.98 Å². The van der Waals surface area contributed by atoms with E-state index in [0.29, 0.717) is 12.5 Å². The topological polar surface area (TPSA) is 50.3 Å². The van der Waals surface area contributed by atoms with Crippen molar-refractivity contribution in [3.05, 3.63) is 11.4 Å². The summed E-state index contributed by atoms with van der Waals surface area (Å²) in [5, 5.41) is 3.32. The lowest BCUT2D eigenvalue weighted by atomic mass is 10.1. The van der Waals surface area contributed by atoms with Crippen molar-refractivity contribution in [2.24, 2.45) is 0 Å². The zero-order chi connectivity index (χ0) is 15.6. The van der Waals surface area contributed by atoms with E-state index in [9.17, 15) is 0 Å². The van der Waals surface area contributed by atoms with Crippen LogP contribution in [0.4, 0.5) is 5.82 Å². The van der Waals surface area contributed by atoms with E-state index in [1.54, 1.807) is 0 Å². The molecule has 0 aromatic carbocycles. The molecule has 1 fully saturated rings. The molecule has 0 radical (unpaired) electrons. The Kier molecular flexibility index (Phi) is 4.71. The van der Waals surface area contributed by atoms with E-state index in [-0.39, 0.29) is 5.54 Å². The summed E-state index contributed by atoms with van der Waals surface area (Å²) in [6.45, 7) is 9.88. The zero-order valence-electron chi connectivity index (χ0n) is 14.2. The summed E-state index contributed by atoms with van der Waals surface area (Å²) in [5.41, 5.74) is 0.964. The highest BCUT2D eigenvalue weighted by Gasteiger charge is 2.29. The van der Waals surface area contributed by atoms with Gasteiger partial charge < -0.3 is 15.0 Å². The van der Waals surface area contributed by atoms with Crippen LogP contribution in [0.25, 0.3) is 0 Å². The lowest BCUT2D eigenvalue weighted by molar-refractivity contribution is 0.110. The maximum atomic E-state index is 6.04. The van der Waals surface area contributed by atoms with Gasteiger partial charge in [0, 0.05) is 18.0 Å². The zero-order valence-corrected chi connectivity index (χ0v) is 14.2. The number of hydrogen-bond donors (Lipinski definition) is 1. The second-order valence-corrected chi connectivity index (χ2v) is 6.66. The second kappa shape index (κ2) is 6.18. The molecule has 118 valence electrons. The number of nitrogens with zero attached hydrogens (tertiary/aromatic N) is 3. The second-order valence-electron chi connectivity index (χ2n) is 6.66. The third-order valence-electron chi connectivity index (χ3n) is 4.18. The Hall–Kier alpha value is -1.36. The van der Waals surface area contributed by atoms with E-state index < -0.39 is 0 Å². The highest BCUT2D eigenvalue weighted by Crippen LogP contribution is 2.40. The number of likely N-dealkylation sites (N-methyl/N-ethyl adjacent to an activating group) is 1. The summed E-state index contributed by atoms with van der Waals surface area (Å²) >= 11 is 0. The van der Waals surface area contributed by atoms with E-state index in [0.717, 1.165) is 29.6 Å². The first-order valence-electron chi connectivity index (χ1n) is 7.77. The van der Waals surface area contributed by atoms with Gasteiger partial charge in [-0.1, -0.05) is 0 Å². The molecule has 0 amide bonds. The quantitative estimate of drug-likeness (QED) is 0.837. The first-order valence-corrected chi connectivity index (χ1v) is 7.77. The minimum absolute atomic E-state index is 0.0323. The number of ether oxygens (including phenoxy) is 1. The molecule has 0 unspecified atom stereocenters. The fourth-order valence-corrected chi connectivity index (χ4v) is 1.89. The summed E-state index contributed by atoms with van der Waals surface area (Å²) < 4.78 is 6.04. The molecule has 0 aliphatic heterocycles. The largest absolute Gasteiger partial charge is 0.475 e. The molecule has 0 bridgehead atoms. The van der Waals surface area contributed by atoms with Crippen LogP contribution >= 0.6 is 0 Å². The lowest BCUT2D eigenvalue weighted by Gasteiger charge is -2.32. The molecule has 1 aliphatic rings. The Morgan fingerprint density at radius 2 is 1.95 bits per heavy atom. The maximum Gasteiger partial charge on any atom is 0.221 e. The van der Waals surface area contributed by atoms with Crippen LogP contribution in [0.1, 0.15) is 50.9 Å². The molecule has 0 spiro atoms. The molecular formula is C16H28N4O. The Morgan fingerprint density at radius 3 is 2.48 bits per heavy atom. The third-order valence-corrected chi connectivity index (χ3v) is 4.18. The summed E-state index contributed by atoms with van der Waals surface area (Å²) in [6, 6.07) is 0. The number of rotatable bonds is 7. The molecule has 1 aromatic rings. The van der Waals surface area contributed by atoms with Gasteiger partial charge in [-0.3, -0.25) is 0 Å². The highest BCUT2D eigenvalue weighted by molar-refractivity contribution is 5.49. The molecule has 1 aliphatic carbocycles. The van der Waals surface area contributed by atoms with Gasteiger partial charge in [0.15, 0.2) is 0 Å². The van der Waals surface area contributed by atoms with Crippen LogP contribution in [0.5, 0.6) is 5.88 Å². The number of hydrogen-bond acceptors (Lipinski definition) is 5. The van der Waals surface area contributed by atoms with E-state index in [1.807, 2.05) is 6.92 Å². The molecule has 1 N–H and O–H groups in total. The molecule has 0 saturated heterocycles. The average molecular weight is 292 g/mol.